The Balaban J connectivity index is 1.71. The first-order valence-corrected chi connectivity index (χ1v) is 8.39. The molecule has 2 rings (SSSR count). The van der Waals surface area contributed by atoms with Crippen LogP contribution in [0.5, 0.6) is 0 Å². The normalized spacial score (nSPS) is 31.1. The summed E-state index contributed by atoms with van der Waals surface area (Å²) in [5.41, 5.74) is 5.62. The van der Waals surface area contributed by atoms with Crippen LogP contribution in [-0.4, -0.2) is 54.6 Å². The van der Waals surface area contributed by atoms with E-state index in [1.54, 1.807) is 0 Å². The lowest BCUT2D eigenvalue weighted by Gasteiger charge is -2.47. The van der Waals surface area contributed by atoms with E-state index in [0.717, 1.165) is 24.5 Å². The topological polar surface area (TPSA) is 32.5 Å². The van der Waals surface area contributed by atoms with Crippen LogP contribution < -0.4 is 5.73 Å². The summed E-state index contributed by atoms with van der Waals surface area (Å²) in [5, 5.41) is 0. The predicted molar refractivity (Wildman–Crippen MR) is 82.3 cm³/mol. The average molecular weight is 267 g/mol. The van der Waals surface area contributed by atoms with Crippen LogP contribution in [0.25, 0.3) is 0 Å². The maximum absolute atomic E-state index is 5.62. The molecule has 2 fully saturated rings. The van der Waals surface area contributed by atoms with E-state index in [4.69, 9.17) is 5.73 Å². The first-order valence-electron chi connectivity index (χ1n) is 8.39. The summed E-state index contributed by atoms with van der Waals surface area (Å²) >= 11 is 0. The largest absolute Gasteiger partial charge is 0.330 e. The van der Waals surface area contributed by atoms with Crippen LogP contribution in [0.4, 0.5) is 0 Å². The van der Waals surface area contributed by atoms with Gasteiger partial charge in [-0.2, -0.15) is 0 Å². The number of nitrogens with zero attached hydrogens (tertiary/aromatic N) is 2. The fourth-order valence-electron chi connectivity index (χ4n) is 3.80. The maximum atomic E-state index is 5.62. The van der Waals surface area contributed by atoms with Crippen molar-refractivity contribution in [2.45, 2.75) is 64.5 Å². The number of fused-ring (bicyclic) bond motifs is 1. The van der Waals surface area contributed by atoms with E-state index < -0.39 is 0 Å². The molecule has 112 valence electrons. The number of piperidine rings is 1. The van der Waals surface area contributed by atoms with Gasteiger partial charge in [-0.3, -0.25) is 9.80 Å². The highest BCUT2D eigenvalue weighted by molar-refractivity contribution is 4.88. The summed E-state index contributed by atoms with van der Waals surface area (Å²) in [6, 6.07) is 1.60. The second kappa shape index (κ2) is 7.61. The summed E-state index contributed by atoms with van der Waals surface area (Å²) in [5.74, 6) is 0.802. The van der Waals surface area contributed by atoms with Crippen LogP contribution >= 0.6 is 0 Å². The van der Waals surface area contributed by atoms with Crippen molar-refractivity contribution in [3.63, 3.8) is 0 Å². The third-order valence-electron chi connectivity index (χ3n) is 5.12. The molecule has 2 heterocycles. The molecule has 0 spiro atoms. The molecule has 0 saturated carbocycles. The van der Waals surface area contributed by atoms with Gasteiger partial charge < -0.3 is 5.73 Å². The minimum atomic E-state index is 0.749. The van der Waals surface area contributed by atoms with Crippen molar-refractivity contribution in [3.8, 4) is 0 Å². The molecule has 0 radical (unpaired) electrons. The van der Waals surface area contributed by atoms with Gasteiger partial charge in [0, 0.05) is 25.2 Å². The van der Waals surface area contributed by atoms with Crippen molar-refractivity contribution in [2.75, 3.05) is 32.7 Å². The van der Waals surface area contributed by atoms with Gasteiger partial charge in [-0.25, -0.2) is 0 Å². The highest BCUT2D eigenvalue weighted by Gasteiger charge is 2.32. The molecule has 2 saturated heterocycles. The van der Waals surface area contributed by atoms with E-state index in [0.29, 0.717) is 0 Å². The standard InChI is InChI=1S/C16H33N3/c1-14(8-9-17)6-5-11-18-13-16-7-3-4-10-19(16)12-15(18)2/h14-16H,3-13,17H2,1-2H3. The molecular formula is C16H33N3. The molecule has 19 heavy (non-hydrogen) atoms. The zero-order chi connectivity index (χ0) is 13.7. The second-order valence-electron chi connectivity index (χ2n) is 6.81. The third-order valence-corrected chi connectivity index (χ3v) is 5.12. The first kappa shape index (κ1) is 15.3. The zero-order valence-electron chi connectivity index (χ0n) is 13.0. The minimum absolute atomic E-state index is 0.749. The van der Waals surface area contributed by atoms with Gasteiger partial charge in [0.1, 0.15) is 0 Å². The first-order chi connectivity index (χ1) is 9.20. The molecule has 0 aliphatic carbocycles. The molecule has 3 nitrogen and oxygen atoms in total. The number of hydrogen-bond donors (Lipinski definition) is 1. The summed E-state index contributed by atoms with van der Waals surface area (Å²) in [6.07, 6.45) is 8.16. The van der Waals surface area contributed by atoms with E-state index >= 15 is 0 Å². The Morgan fingerprint density at radius 3 is 2.84 bits per heavy atom. The maximum Gasteiger partial charge on any atom is 0.0223 e. The van der Waals surface area contributed by atoms with Gasteiger partial charge in [0.2, 0.25) is 0 Å². The summed E-state index contributed by atoms with van der Waals surface area (Å²) in [6.45, 7) is 10.8. The van der Waals surface area contributed by atoms with E-state index in [9.17, 15) is 0 Å². The van der Waals surface area contributed by atoms with Gasteiger partial charge in [-0.05, 0) is 64.6 Å². The van der Waals surface area contributed by atoms with Crippen LogP contribution in [0.2, 0.25) is 0 Å². The Bertz CT molecular complexity index is 256. The molecule has 3 unspecified atom stereocenters. The highest BCUT2D eigenvalue weighted by atomic mass is 15.3. The molecule has 0 bridgehead atoms. The number of hydrogen-bond acceptors (Lipinski definition) is 3. The van der Waals surface area contributed by atoms with Gasteiger partial charge in [0.05, 0.1) is 0 Å². The van der Waals surface area contributed by atoms with E-state index in [1.165, 1.54) is 64.7 Å². The Labute approximate surface area is 119 Å². The number of piperazine rings is 1. The molecule has 0 aromatic rings. The molecular weight excluding hydrogens is 234 g/mol. The van der Waals surface area contributed by atoms with Crippen molar-refractivity contribution >= 4 is 0 Å². The number of rotatable bonds is 6. The van der Waals surface area contributed by atoms with Crippen molar-refractivity contribution in [2.24, 2.45) is 11.7 Å². The molecule has 0 aromatic heterocycles. The van der Waals surface area contributed by atoms with Crippen LogP contribution in [-0.2, 0) is 0 Å². The molecule has 2 aliphatic heterocycles. The lowest BCUT2D eigenvalue weighted by molar-refractivity contribution is 0.0142. The van der Waals surface area contributed by atoms with Crippen LogP contribution in [0, 0.1) is 5.92 Å². The highest BCUT2D eigenvalue weighted by Crippen LogP contribution is 2.24. The second-order valence-corrected chi connectivity index (χ2v) is 6.81. The molecule has 2 aliphatic rings. The Morgan fingerprint density at radius 1 is 1.21 bits per heavy atom. The summed E-state index contributed by atoms with van der Waals surface area (Å²) in [7, 11) is 0. The number of nitrogens with two attached hydrogens (primary N) is 1. The Kier molecular flexibility index (Phi) is 6.11. The van der Waals surface area contributed by atoms with Crippen molar-refractivity contribution in [3.05, 3.63) is 0 Å². The van der Waals surface area contributed by atoms with E-state index in [-0.39, 0.29) is 0 Å². The molecule has 2 N–H and O–H groups in total. The third kappa shape index (κ3) is 4.44. The predicted octanol–water partition coefficient (Wildman–Crippen LogP) is 2.31. The van der Waals surface area contributed by atoms with Crippen LogP contribution in [0.15, 0.2) is 0 Å². The monoisotopic (exact) mass is 267 g/mol. The summed E-state index contributed by atoms with van der Waals surface area (Å²) in [4.78, 5) is 5.48. The Morgan fingerprint density at radius 2 is 2.05 bits per heavy atom. The van der Waals surface area contributed by atoms with Crippen molar-refractivity contribution < 1.29 is 0 Å². The molecule has 3 atom stereocenters. The molecule has 3 heteroatoms. The average Bonchev–Trinajstić information content (AvgIpc) is 2.39. The lowest BCUT2D eigenvalue weighted by atomic mass is 9.96. The summed E-state index contributed by atoms with van der Waals surface area (Å²) < 4.78 is 0. The molecule has 0 aromatic carbocycles. The zero-order valence-corrected chi connectivity index (χ0v) is 13.0. The fraction of sp³-hybridized carbons (Fsp3) is 1.00. The van der Waals surface area contributed by atoms with E-state index in [1.807, 2.05) is 0 Å². The molecule has 0 amide bonds. The van der Waals surface area contributed by atoms with Gasteiger partial charge in [-0.1, -0.05) is 13.3 Å². The minimum Gasteiger partial charge on any atom is -0.330 e. The quantitative estimate of drug-likeness (QED) is 0.801. The van der Waals surface area contributed by atoms with Crippen LogP contribution in [0.1, 0.15) is 52.4 Å². The van der Waals surface area contributed by atoms with Gasteiger partial charge in [0.25, 0.3) is 0 Å². The van der Waals surface area contributed by atoms with Gasteiger partial charge in [-0.15, -0.1) is 0 Å². The fourth-order valence-corrected chi connectivity index (χ4v) is 3.80. The van der Waals surface area contributed by atoms with Crippen molar-refractivity contribution in [1.29, 1.82) is 0 Å². The van der Waals surface area contributed by atoms with Gasteiger partial charge in [0.15, 0.2) is 0 Å². The van der Waals surface area contributed by atoms with E-state index in [2.05, 4.69) is 23.6 Å². The smallest absolute Gasteiger partial charge is 0.0223 e. The SMILES string of the molecule is CC(CCN)CCCN1CC2CCCCN2CC1C. The van der Waals surface area contributed by atoms with Crippen LogP contribution in [0.3, 0.4) is 0 Å². The van der Waals surface area contributed by atoms with Crippen molar-refractivity contribution in [1.82, 2.24) is 9.80 Å². The van der Waals surface area contributed by atoms with Gasteiger partial charge >= 0.3 is 0 Å². The lowest BCUT2D eigenvalue weighted by Crippen LogP contribution is -2.58. The Hall–Kier alpha value is -0.120.